The normalized spacial score (nSPS) is 43.1. The standard InChI is InChI=1S/C19H38NO11/c1-9-13(23)14(24)18(11(29-9)8-28-12(22)6-20(2,3)4)31-19-16(26)15(25)17(27-5)10(7-21)30-19/h9-19,21-26H,6-8H2,1-5H3/q+1/t9-,10?,11?,12?,13+,14?,15-,16?,17-,18+,19+/m1/s1. The Hall–Kier alpha value is -0.480. The summed E-state index contributed by atoms with van der Waals surface area (Å²) in [5, 5.41) is 61.2. The van der Waals surface area contributed by atoms with Gasteiger partial charge in [0.25, 0.3) is 0 Å². The molecule has 12 nitrogen and oxygen atoms in total. The molecule has 0 spiro atoms. The molecule has 0 radical (unpaired) electrons. The van der Waals surface area contributed by atoms with E-state index in [1.54, 1.807) is 6.92 Å². The van der Waals surface area contributed by atoms with Crippen LogP contribution in [0.3, 0.4) is 0 Å². The monoisotopic (exact) mass is 456 g/mol. The third-order valence-corrected chi connectivity index (χ3v) is 5.46. The summed E-state index contributed by atoms with van der Waals surface area (Å²) in [5.74, 6) is 0. The van der Waals surface area contributed by atoms with Crippen molar-refractivity contribution in [1.29, 1.82) is 0 Å². The number of rotatable bonds is 9. The minimum Gasteiger partial charge on any atom is -0.394 e. The van der Waals surface area contributed by atoms with E-state index < -0.39 is 74.1 Å². The van der Waals surface area contributed by atoms with Crippen LogP contribution in [0.1, 0.15) is 6.92 Å². The predicted molar refractivity (Wildman–Crippen MR) is 105 cm³/mol. The molecule has 31 heavy (non-hydrogen) atoms. The van der Waals surface area contributed by atoms with Crippen molar-refractivity contribution < 1.29 is 58.8 Å². The first kappa shape index (κ1) is 26.8. The van der Waals surface area contributed by atoms with Crippen molar-refractivity contribution in [2.75, 3.05) is 48.0 Å². The van der Waals surface area contributed by atoms with E-state index in [9.17, 15) is 30.6 Å². The van der Waals surface area contributed by atoms with Gasteiger partial charge in [0.15, 0.2) is 6.29 Å². The van der Waals surface area contributed by atoms with Gasteiger partial charge in [0, 0.05) is 7.11 Å². The van der Waals surface area contributed by atoms with Gasteiger partial charge in [-0.2, -0.15) is 0 Å². The Morgan fingerprint density at radius 1 is 0.903 bits per heavy atom. The number of aliphatic hydroxyl groups excluding tert-OH is 6. The van der Waals surface area contributed by atoms with E-state index in [-0.39, 0.29) is 6.61 Å². The molecule has 5 unspecified atom stereocenters. The molecule has 0 aromatic heterocycles. The molecule has 2 saturated heterocycles. The molecule has 2 fully saturated rings. The molecule has 11 atom stereocenters. The number of ether oxygens (including phenoxy) is 5. The largest absolute Gasteiger partial charge is 0.394 e. The molecule has 6 N–H and O–H groups in total. The van der Waals surface area contributed by atoms with E-state index in [0.29, 0.717) is 11.0 Å². The van der Waals surface area contributed by atoms with E-state index in [1.807, 2.05) is 21.1 Å². The summed E-state index contributed by atoms with van der Waals surface area (Å²) in [6.45, 7) is 1.19. The van der Waals surface area contributed by atoms with E-state index >= 15 is 0 Å². The summed E-state index contributed by atoms with van der Waals surface area (Å²) in [4.78, 5) is 0. The van der Waals surface area contributed by atoms with Crippen LogP contribution in [0.15, 0.2) is 0 Å². The van der Waals surface area contributed by atoms with Gasteiger partial charge in [-0.05, 0) is 6.92 Å². The number of methoxy groups -OCH3 is 1. The van der Waals surface area contributed by atoms with Gasteiger partial charge in [-0.1, -0.05) is 0 Å². The van der Waals surface area contributed by atoms with Gasteiger partial charge in [-0.15, -0.1) is 0 Å². The van der Waals surface area contributed by atoms with E-state index in [1.165, 1.54) is 7.11 Å². The van der Waals surface area contributed by atoms with Crippen LogP contribution in [-0.2, 0) is 23.7 Å². The fourth-order valence-electron chi connectivity index (χ4n) is 3.77. The predicted octanol–water partition coefficient (Wildman–Crippen LogP) is -3.62. The third kappa shape index (κ3) is 6.76. The molecule has 0 bridgehead atoms. The summed E-state index contributed by atoms with van der Waals surface area (Å²) >= 11 is 0. The number of hydrogen-bond acceptors (Lipinski definition) is 11. The number of quaternary nitrogens is 1. The maximum absolute atomic E-state index is 10.6. The van der Waals surface area contributed by atoms with Gasteiger partial charge >= 0.3 is 0 Å². The van der Waals surface area contributed by atoms with Gasteiger partial charge in [0.05, 0.1) is 40.5 Å². The molecule has 2 aliphatic heterocycles. The van der Waals surface area contributed by atoms with Crippen molar-refractivity contribution in [1.82, 2.24) is 0 Å². The van der Waals surface area contributed by atoms with Gasteiger partial charge < -0.3 is 58.8 Å². The fourth-order valence-corrected chi connectivity index (χ4v) is 3.77. The van der Waals surface area contributed by atoms with Crippen LogP contribution in [0.2, 0.25) is 0 Å². The Morgan fingerprint density at radius 2 is 1.52 bits per heavy atom. The highest BCUT2D eigenvalue weighted by atomic mass is 16.7. The number of hydrogen-bond donors (Lipinski definition) is 6. The Bertz CT molecular complexity index is 545. The molecule has 12 heteroatoms. The van der Waals surface area contributed by atoms with Crippen LogP contribution in [-0.4, -0.2) is 151 Å². The second-order valence-electron chi connectivity index (χ2n) is 9.13. The Kier molecular flexibility index (Phi) is 9.58. The average molecular weight is 457 g/mol. The lowest BCUT2D eigenvalue weighted by Crippen LogP contribution is -2.64. The first-order valence-electron chi connectivity index (χ1n) is 10.3. The maximum Gasteiger partial charge on any atom is 0.205 e. The Labute approximate surface area is 182 Å². The quantitative estimate of drug-likeness (QED) is 0.150. The highest BCUT2D eigenvalue weighted by Gasteiger charge is 2.50. The molecule has 0 aliphatic carbocycles. The summed E-state index contributed by atoms with van der Waals surface area (Å²) < 4.78 is 27.9. The molecule has 2 heterocycles. The zero-order chi connectivity index (χ0) is 23.5. The summed E-state index contributed by atoms with van der Waals surface area (Å²) in [6, 6.07) is 0. The maximum atomic E-state index is 10.6. The molecule has 0 saturated carbocycles. The van der Waals surface area contributed by atoms with Crippen molar-refractivity contribution in [3.63, 3.8) is 0 Å². The first-order valence-corrected chi connectivity index (χ1v) is 10.3. The van der Waals surface area contributed by atoms with E-state index in [2.05, 4.69) is 0 Å². The third-order valence-electron chi connectivity index (χ3n) is 5.46. The minimum absolute atomic E-state index is 0.171. The molecule has 0 aromatic carbocycles. The molecule has 0 amide bonds. The lowest BCUT2D eigenvalue weighted by Gasteiger charge is -2.46. The van der Waals surface area contributed by atoms with Crippen LogP contribution in [0.25, 0.3) is 0 Å². The van der Waals surface area contributed by atoms with Crippen molar-refractivity contribution in [2.24, 2.45) is 0 Å². The van der Waals surface area contributed by atoms with Gasteiger partial charge in [-0.3, -0.25) is 0 Å². The number of nitrogens with zero attached hydrogens (tertiary/aromatic N) is 1. The topological polar surface area (TPSA) is 168 Å². The number of aliphatic hydroxyl groups is 6. The zero-order valence-electron chi connectivity index (χ0n) is 18.6. The summed E-state index contributed by atoms with van der Waals surface area (Å²) in [5.41, 5.74) is 0. The molecular weight excluding hydrogens is 418 g/mol. The second-order valence-corrected chi connectivity index (χ2v) is 9.13. The van der Waals surface area contributed by atoms with Crippen molar-refractivity contribution in [3.8, 4) is 0 Å². The van der Waals surface area contributed by atoms with Gasteiger partial charge in [0.2, 0.25) is 6.29 Å². The van der Waals surface area contributed by atoms with Crippen LogP contribution in [0.5, 0.6) is 0 Å². The fraction of sp³-hybridized carbons (Fsp3) is 1.00. The SMILES string of the molecule is CO[C@@H]1C(CO)O[C@@H](O[C@H]2C(COC(O)C[N+](C)(C)C)O[C@H](C)[C@H](O)C2O)C(O)[C@H]1O. The van der Waals surface area contributed by atoms with Crippen molar-refractivity contribution >= 4 is 0 Å². The Morgan fingerprint density at radius 3 is 2.06 bits per heavy atom. The van der Waals surface area contributed by atoms with E-state index in [0.717, 1.165) is 0 Å². The first-order chi connectivity index (χ1) is 14.4. The van der Waals surface area contributed by atoms with Crippen LogP contribution in [0, 0.1) is 0 Å². The molecule has 2 aliphatic rings. The second kappa shape index (κ2) is 11.1. The molecule has 2 rings (SSSR count). The summed E-state index contributed by atoms with van der Waals surface area (Å²) in [6.07, 6.45) is -13.1. The van der Waals surface area contributed by atoms with Crippen molar-refractivity contribution in [2.45, 2.75) is 74.4 Å². The molecule has 0 aromatic rings. The van der Waals surface area contributed by atoms with Crippen molar-refractivity contribution in [3.05, 3.63) is 0 Å². The van der Waals surface area contributed by atoms with Crippen LogP contribution < -0.4 is 0 Å². The summed E-state index contributed by atoms with van der Waals surface area (Å²) in [7, 11) is 6.96. The zero-order valence-corrected chi connectivity index (χ0v) is 18.6. The van der Waals surface area contributed by atoms with Crippen LogP contribution in [0.4, 0.5) is 0 Å². The van der Waals surface area contributed by atoms with Gasteiger partial charge in [-0.25, -0.2) is 0 Å². The molecule has 184 valence electrons. The highest BCUT2D eigenvalue weighted by molar-refractivity contribution is 4.95. The lowest BCUT2D eigenvalue weighted by molar-refractivity contribution is -0.876. The smallest absolute Gasteiger partial charge is 0.205 e. The lowest BCUT2D eigenvalue weighted by atomic mass is 9.95. The van der Waals surface area contributed by atoms with E-state index in [4.69, 9.17) is 23.7 Å². The van der Waals surface area contributed by atoms with Gasteiger partial charge in [0.1, 0.15) is 55.4 Å². The Balaban J connectivity index is 2.11. The highest BCUT2D eigenvalue weighted by Crippen LogP contribution is 2.30. The molecular formula is C19H38NO11+. The number of likely N-dealkylation sites (N-methyl/N-ethyl adjacent to an activating group) is 1. The minimum atomic E-state index is -1.55. The average Bonchev–Trinajstić information content (AvgIpc) is 2.68. The van der Waals surface area contributed by atoms with Crippen LogP contribution >= 0.6 is 0 Å².